The van der Waals surface area contributed by atoms with Crippen molar-refractivity contribution in [2.45, 2.75) is 19.3 Å². The van der Waals surface area contributed by atoms with Crippen LogP contribution in [0.1, 0.15) is 18.4 Å². The van der Waals surface area contributed by atoms with Gasteiger partial charge in [-0.05, 0) is 30.4 Å². The highest BCUT2D eigenvalue weighted by Crippen LogP contribution is 2.08. The number of aryl methyl sites for hydroxylation is 1. The number of carboxylic acids is 1. The van der Waals surface area contributed by atoms with Gasteiger partial charge in [0.25, 0.3) is 0 Å². The van der Waals surface area contributed by atoms with Crippen LogP contribution in [0.25, 0.3) is 0 Å². The van der Waals surface area contributed by atoms with Gasteiger partial charge in [-0.25, -0.2) is 0 Å². The van der Waals surface area contributed by atoms with Gasteiger partial charge >= 0.3 is 0 Å². The lowest BCUT2D eigenvalue weighted by Crippen LogP contribution is -2.23. The Labute approximate surface area is 83.9 Å². The summed E-state index contributed by atoms with van der Waals surface area (Å²) in [6.45, 7) is 3.42. The standard InChI is InChI=1S/C12H14O2/c1-10(12(13)14)6-5-9-11-7-3-2-4-8-11/h2-4,7-8H,1,5-6,9H2,(H,13,14)/p-1. The monoisotopic (exact) mass is 189 g/mol. The lowest BCUT2D eigenvalue weighted by Gasteiger charge is -2.05. The topological polar surface area (TPSA) is 40.1 Å². The largest absolute Gasteiger partial charge is 0.545 e. The van der Waals surface area contributed by atoms with Gasteiger partial charge in [0.1, 0.15) is 0 Å². The lowest BCUT2D eigenvalue weighted by molar-refractivity contribution is -0.299. The van der Waals surface area contributed by atoms with Gasteiger partial charge in [-0.1, -0.05) is 36.9 Å². The SMILES string of the molecule is C=C(CCCc1ccccc1)C(=O)[O-]. The minimum absolute atomic E-state index is 0.181. The highest BCUT2D eigenvalue weighted by atomic mass is 16.4. The fourth-order valence-corrected chi connectivity index (χ4v) is 1.25. The first kappa shape index (κ1) is 10.5. The zero-order valence-corrected chi connectivity index (χ0v) is 8.03. The Morgan fingerprint density at radius 2 is 1.93 bits per heavy atom. The third-order valence-corrected chi connectivity index (χ3v) is 2.08. The number of carbonyl (C=O) groups excluding carboxylic acids is 1. The molecule has 2 heteroatoms. The fourth-order valence-electron chi connectivity index (χ4n) is 1.25. The Morgan fingerprint density at radius 3 is 2.50 bits per heavy atom. The van der Waals surface area contributed by atoms with Crippen molar-refractivity contribution < 1.29 is 9.90 Å². The Morgan fingerprint density at radius 1 is 1.29 bits per heavy atom. The van der Waals surface area contributed by atoms with Gasteiger partial charge in [-0.15, -0.1) is 0 Å². The summed E-state index contributed by atoms with van der Waals surface area (Å²) in [7, 11) is 0. The van der Waals surface area contributed by atoms with Crippen LogP contribution in [0.15, 0.2) is 42.5 Å². The van der Waals surface area contributed by atoms with Crippen LogP contribution in [0.2, 0.25) is 0 Å². The van der Waals surface area contributed by atoms with Gasteiger partial charge in [0.15, 0.2) is 0 Å². The van der Waals surface area contributed by atoms with Crippen molar-refractivity contribution in [2.24, 2.45) is 0 Å². The van der Waals surface area contributed by atoms with E-state index in [4.69, 9.17) is 0 Å². The van der Waals surface area contributed by atoms with Crippen LogP contribution in [0.5, 0.6) is 0 Å². The molecule has 1 rings (SSSR count). The number of carboxylic acid groups (broad SMARTS) is 1. The second-order valence-electron chi connectivity index (χ2n) is 3.23. The van der Waals surface area contributed by atoms with E-state index in [-0.39, 0.29) is 5.57 Å². The maximum absolute atomic E-state index is 10.3. The van der Waals surface area contributed by atoms with Crippen molar-refractivity contribution >= 4 is 5.97 Å². The van der Waals surface area contributed by atoms with Gasteiger partial charge in [0, 0.05) is 0 Å². The highest BCUT2D eigenvalue weighted by molar-refractivity contribution is 5.83. The molecule has 0 N–H and O–H groups in total. The average Bonchev–Trinajstić information content (AvgIpc) is 2.19. The lowest BCUT2D eigenvalue weighted by atomic mass is 10.1. The van der Waals surface area contributed by atoms with Crippen LogP contribution in [-0.4, -0.2) is 5.97 Å². The summed E-state index contributed by atoms with van der Waals surface area (Å²) in [5.41, 5.74) is 1.40. The maximum atomic E-state index is 10.3. The van der Waals surface area contributed by atoms with E-state index in [2.05, 4.69) is 6.58 Å². The highest BCUT2D eigenvalue weighted by Gasteiger charge is 1.96. The number of benzene rings is 1. The molecule has 1 aromatic rings. The Bertz CT molecular complexity index is 314. The van der Waals surface area contributed by atoms with Crippen molar-refractivity contribution in [1.82, 2.24) is 0 Å². The van der Waals surface area contributed by atoms with Crippen LogP contribution in [0.3, 0.4) is 0 Å². The summed E-state index contributed by atoms with van der Waals surface area (Å²) >= 11 is 0. The smallest absolute Gasteiger partial charge is 0.0668 e. The second-order valence-corrected chi connectivity index (χ2v) is 3.23. The van der Waals surface area contributed by atoms with E-state index in [1.54, 1.807) is 0 Å². The molecule has 0 amide bonds. The first-order chi connectivity index (χ1) is 6.70. The summed E-state index contributed by atoms with van der Waals surface area (Å²) in [4.78, 5) is 10.3. The summed E-state index contributed by atoms with van der Waals surface area (Å²) in [6.07, 6.45) is 2.18. The molecule has 0 aliphatic heterocycles. The molecule has 0 aromatic heterocycles. The molecular weight excluding hydrogens is 176 g/mol. The molecule has 2 nitrogen and oxygen atoms in total. The number of aliphatic carboxylic acids is 1. The predicted molar refractivity (Wildman–Crippen MR) is 53.5 cm³/mol. The zero-order chi connectivity index (χ0) is 10.4. The van der Waals surface area contributed by atoms with Gasteiger partial charge < -0.3 is 9.90 Å². The van der Waals surface area contributed by atoms with Gasteiger partial charge in [0.2, 0.25) is 0 Å². The molecule has 0 aliphatic carbocycles. The van der Waals surface area contributed by atoms with Crippen molar-refractivity contribution in [3.63, 3.8) is 0 Å². The van der Waals surface area contributed by atoms with Crippen LogP contribution in [0, 0.1) is 0 Å². The number of rotatable bonds is 5. The Kier molecular flexibility index (Phi) is 3.92. The molecule has 0 saturated heterocycles. The van der Waals surface area contributed by atoms with Crippen molar-refractivity contribution in [3.8, 4) is 0 Å². The molecule has 0 aliphatic rings. The molecule has 0 unspecified atom stereocenters. The third-order valence-electron chi connectivity index (χ3n) is 2.08. The predicted octanol–water partition coefficient (Wildman–Crippen LogP) is 1.32. The van der Waals surface area contributed by atoms with Crippen molar-refractivity contribution in [3.05, 3.63) is 48.0 Å². The second kappa shape index (κ2) is 5.22. The number of carbonyl (C=O) groups is 1. The summed E-state index contributed by atoms with van der Waals surface area (Å²) in [6, 6.07) is 9.97. The van der Waals surface area contributed by atoms with E-state index >= 15 is 0 Å². The third kappa shape index (κ3) is 3.44. The van der Waals surface area contributed by atoms with E-state index in [1.165, 1.54) is 5.56 Å². The molecule has 0 bridgehead atoms. The fraction of sp³-hybridized carbons (Fsp3) is 0.250. The summed E-state index contributed by atoms with van der Waals surface area (Å²) in [5.74, 6) is -1.14. The molecule has 0 atom stereocenters. The summed E-state index contributed by atoms with van der Waals surface area (Å²) in [5, 5.41) is 10.3. The maximum Gasteiger partial charge on any atom is 0.0668 e. The van der Waals surface area contributed by atoms with Gasteiger partial charge in [-0.2, -0.15) is 0 Å². The van der Waals surface area contributed by atoms with Gasteiger partial charge in [-0.3, -0.25) is 0 Å². The molecule has 0 heterocycles. The molecule has 14 heavy (non-hydrogen) atoms. The average molecular weight is 189 g/mol. The van der Waals surface area contributed by atoms with Crippen molar-refractivity contribution in [2.75, 3.05) is 0 Å². The van der Waals surface area contributed by atoms with E-state index < -0.39 is 5.97 Å². The van der Waals surface area contributed by atoms with Crippen LogP contribution >= 0.6 is 0 Å². The molecule has 0 spiro atoms. The van der Waals surface area contributed by atoms with E-state index in [1.807, 2.05) is 30.3 Å². The summed E-state index contributed by atoms with van der Waals surface area (Å²) < 4.78 is 0. The normalized spacial score (nSPS) is 9.71. The van der Waals surface area contributed by atoms with E-state index in [0.29, 0.717) is 6.42 Å². The van der Waals surface area contributed by atoms with E-state index in [9.17, 15) is 9.90 Å². The van der Waals surface area contributed by atoms with Gasteiger partial charge in [0.05, 0.1) is 5.97 Å². The number of hydrogen-bond donors (Lipinski definition) is 0. The zero-order valence-electron chi connectivity index (χ0n) is 8.03. The number of hydrogen-bond acceptors (Lipinski definition) is 2. The Hall–Kier alpha value is -1.57. The first-order valence-electron chi connectivity index (χ1n) is 4.63. The van der Waals surface area contributed by atoms with Crippen molar-refractivity contribution in [1.29, 1.82) is 0 Å². The van der Waals surface area contributed by atoms with Crippen LogP contribution in [-0.2, 0) is 11.2 Å². The molecule has 74 valence electrons. The minimum Gasteiger partial charge on any atom is -0.545 e. The van der Waals surface area contributed by atoms with Crippen LogP contribution in [0.4, 0.5) is 0 Å². The molecule has 0 radical (unpaired) electrons. The Balaban J connectivity index is 2.29. The van der Waals surface area contributed by atoms with E-state index in [0.717, 1.165) is 12.8 Å². The molecular formula is C12H13O2-. The molecule has 0 fully saturated rings. The molecule has 1 aromatic carbocycles. The first-order valence-corrected chi connectivity index (χ1v) is 4.63. The van der Waals surface area contributed by atoms with Crippen LogP contribution < -0.4 is 5.11 Å². The minimum atomic E-state index is -1.14. The quantitative estimate of drug-likeness (QED) is 0.655. The molecule has 0 saturated carbocycles.